The molecule has 0 amide bonds. The van der Waals surface area contributed by atoms with Gasteiger partial charge in [-0.15, -0.1) is 0 Å². The summed E-state index contributed by atoms with van der Waals surface area (Å²) in [6.45, 7) is 11.1. The minimum absolute atomic E-state index is 0.145. The predicted octanol–water partition coefficient (Wildman–Crippen LogP) is 3.45. The van der Waals surface area contributed by atoms with E-state index in [9.17, 15) is 0 Å². The first-order valence-corrected chi connectivity index (χ1v) is 8.14. The van der Waals surface area contributed by atoms with Crippen LogP contribution in [-0.4, -0.2) is 12.2 Å². The first kappa shape index (κ1) is 16.5. The molecule has 118 valence electrons. The molecule has 1 aromatic rings. The van der Waals surface area contributed by atoms with Gasteiger partial charge in [-0.25, -0.2) is 0 Å². The van der Waals surface area contributed by atoms with Crippen LogP contribution in [0, 0.1) is 17.8 Å². The number of hydrazine groups is 1. The van der Waals surface area contributed by atoms with Crippen molar-refractivity contribution in [1.82, 2.24) is 5.43 Å². The summed E-state index contributed by atoms with van der Waals surface area (Å²) in [6.07, 6.45) is 1.62. The summed E-state index contributed by atoms with van der Waals surface area (Å²) >= 11 is 0. The van der Waals surface area contributed by atoms with Crippen molar-refractivity contribution in [2.45, 2.75) is 59.3 Å². The van der Waals surface area contributed by atoms with Crippen LogP contribution in [0.15, 0.2) is 24.3 Å². The van der Waals surface area contributed by atoms with Gasteiger partial charge in [-0.3, -0.25) is 11.3 Å². The van der Waals surface area contributed by atoms with E-state index in [4.69, 9.17) is 10.6 Å². The predicted molar refractivity (Wildman–Crippen MR) is 87.7 cm³/mol. The molecule has 1 aliphatic heterocycles. The molecular formula is C18H30N2O. The van der Waals surface area contributed by atoms with Gasteiger partial charge < -0.3 is 4.74 Å². The molecular weight excluding hydrogens is 260 g/mol. The van der Waals surface area contributed by atoms with Crippen LogP contribution in [0.4, 0.5) is 0 Å². The van der Waals surface area contributed by atoms with Gasteiger partial charge in [-0.05, 0) is 43.2 Å². The van der Waals surface area contributed by atoms with E-state index in [1.807, 2.05) is 0 Å². The minimum atomic E-state index is 0.145. The van der Waals surface area contributed by atoms with Gasteiger partial charge in [-0.2, -0.15) is 0 Å². The van der Waals surface area contributed by atoms with Crippen LogP contribution >= 0.6 is 0 Å². The normalized spacial score (nSPS) is 30.8. The van der Waals surface area contributed by atoms with Gasteiger partial charge in [0, 0.05) is 5.92 Å². The Morgan fingerprint density at radius 2 is 1.90 bits per heavy atom. The Bertz CT molecular complexity index is 460. The van der Waals surface area contributed by atoms with Gasteiger partial charge in [0.1, 0.15) is 0 Å². The largest absolute Gasteiger partial charge is 0.375 e. The zero-order chi connectivity index (χ0) is 15.6. The summed E-state index contributed by atoms with van der Waals surface area (Å²) in [7, 11) is 0. The van der Waals surface area contributed by atoms with Gasteiger partial charge in [0.25, 0.3) is 0 Å². The second kappa shape index (κ2) is 6.91. The summed E-state index contributed by atoms with van der Waals surface area (Å²) in [6, 6.07) is 8.97. The Kier molecular flexibility index (Phi) is 5.42. The summed E-state index contributed by atoms with van der Waals surface area (Å²) in [5, 5.41) is 0. The lowest BCUT2D eigenvalue weighted by Crippen LogP contribution is -2.38. The smallest absolute Gasteiger partial charge is 0.0601 e. The number of ether oxygens (including phenoxy) is 1. The van der Waals surface area contributed by atoms with Crippen molar-refractivity contribution in [3.05, 3.63) is 35.4 Å². The molecule has 1 heterocycles. The molecule has 1 aliphatic rings. The summed E-state index contributed by atoms with van der Waals surface area (Å²) < 4.78 is 5.99. The fourth-order valence-electron chi connectivity index (χ4n) is 3.68. The number of hydrogen-bond acceptors (Lipinski definition) is 3. The number of hydrogen-bond donors (Lipinski definition) is 2. The molecule has 5 unspecified atom stereocenters. The van der Waals surface area contributed by atoms with Gasteiger partial charge in [0.2, 0.25) is 0 Å². The van der Waals surface area contributed by atoms with E-state index < -0.39 is 0 Å². The molecule has 0 spiro atoms. The molecule has 0 aliphatic carbocycles. The minimum Gasteiger partial charge on any atom is -0.375 e. The third-order valence-corrected chi connectivity index (χ3v) is 4.84. The van der Waals surface area contributed by atoms with Crippen LogP contribution in [0.1, 0.15) is 51.8 Å². The highest BCUT2D eigenvalue weighted by Gasteiger charge is 2.41. The quantitative estimate of drug-likeness (QED) is 0.645. The van der Waals surface area contributed by atoms with Crippen molar-refractivity contribution < 1.29 is 4.74 Å². The lowest BCUT2D eigenvalue weighted by atomic mass is 9.80. The van der Waals surface area contributed by atoms with E-state index in [1.165, 1.54) is 11.1 Å². The fourth-order valence-corrected chi connectivity index (χ4v) is 3.68. The molecule has 0 aromatic heterocycles. The van der Waals surface area contributed by atoms with Crippen molar-refractivity contribution in [1.29, 1.82) is 0 Å². The maximum Gasteiger partial charge on any atom is 0.0601 e. The molecule has 0 radical (unpaired) electrons. The maximum atomic E-state index is 5.99. The first-order chi connectivity index (χ1) is 9.93. The second-order valence-corrected chi connectivity index (χ2v) is 6.97. The Morgan fingerprint density at radius 1 is 1.19 bits per heavy atom. The molecule has 3 nitrogen and oxygen atoms in total. The molecule has 3 N–H and O–H groups in total. The van der Waals surface area contributed by atoms with E-state index >= 15 is 0 Å². The zero-order valence-corrected chi connectivity index (χ0v) is 14.0. The second-order valence-electron chi connectivity index (χ2n) is 6.97. The Labute approximate surface area is 129 Å². The monoisotopic (exact) mass is 290 g/mol. The van der Waals surface area contributed by atoms with Crippen LogP contribution in [0.25, 0.3) is 0 Å². The van der Waals surface area contributed by atoms with Gasteiger partial charge in [0.05, 0.1) is 18.2 Å². The Hall–Kier alpha value is -0.900. The summed E-state index contributed by atoms with van der Waals surface area (Å²) in [5.41, 5.74) is 5.70. The van der Waals surface area contributed by atoms with E-state index in [1.54, 1.807) is 0 Å². The molecule has 1 fully saturated rings. The lowest BCUT2D eigenvalue weighted by molar-refractivity contribution is 0.0475. The highest BCUT2D eigenvalue weighted by molar-refractivity contribution is 5.27. The topological polar surface area (TPSA) is 47.3 Å². The summed E-state index contributed by atoms with van der Waals surface area (Å²) in [5.74, 6) is 7.46. The van der Waals surface area contributed by atoms with Crippen molar-refractivity contribution in [3.63, 3.8) is 0 Å². The fraction of sp³-hybridized carbons (Fsp3) is 0.667. The van der Waals surface area contributed by atoms with E-state index in [0.29, 0.717) is 23.9 Å². The van der Waals surface area contributed by atoms with Crippen LogP contribution in [-0.2, 0) is 11.2 Å². The third kappa shape index (κ3) is 3.65. The SMILES string of the molecule is CC(C)Cc1cccc(C(NN)C2C(C)OC(C)C2C)c1. The van der Waals surface area contributed by atoms with Crippen LogP contribution in [0.2, 0.25) is 0 Å². The van der Waals surface area contributed by atoms with Gasteiger partial charge >= 0.3 is 0 Å². The molecule has 3 heteroatoms. The molecule has 21 heavy (non-hydrogen) atoms. The third-order valence-electron chi connectivity index (χ3n) is 4.84. The average molecular weight is 290 g/mol. The average Bonchev–Trinajstić information content (AvgIpc) is 2.66. The number of nitrogens with two attached hydrogens (primary N) is 1. The van der Waals surface area contributed by atoms with Crippen molar-refractivity contribution in [2.24, 2.45) is 23.6 Å². The van der Waals surface area contributed by atoms with Gasteiger partial charge in [-0.1, -0.05) is 45.0 Å². The first-order valence-electron chi connectivity index (χ1n) is 8.14. The number of rotatable bonds is 5. The van der Waals surface area contributed by atoms with Crippen LogP contribution < -0.4 is 11.3 Å². The highest BCUT2D eigenvalue weighted by atomic mass is 16.5. The van der Waals surface area contributed by atoms with Crippen molar-refractivity contribution in [3.8, 4) is 0 Å². The van der Waals surface area contributed by atoms with Crippen molar-refractivity contribution in [2.75, 3.05) is 0 Å². The van der Waals surface area contributed by atoms with Crippen LogP contribution in [0.5, 0.6) is 0 Å². The molecule has 1 aromatic carbocycles. The van der Waals surface area contributed by atoms with E-state index in [0.717, 1.165) is 6.42 Å². The molecule has 2 rings (SSSR count). The Morgan fingerprint density at radius 3 is 2.43 bits per heavy atom. The lowest BCUT2D eigenvalue weighted by Gasteiger charge is -2.29. The highest BCUT2D eigenvalue weighted by Crippen LogP contribution is 2.40. The molecule has 5 atom stereocenters. The maximum absolute atomic E-state index is 5.99. The van der Waals surface area contributed by atoms with E-state index in [2.05, 4.69) is 64.3 Å². The molecule has 0 saturated carbocycles. The Balaban J connectivity index is 2.25. The number of benzene rings is 1. The van der Waals surface area contributed by atoms with Crippen molar-refractivity contribution >= 4 is 0 Å². The molecule has 0 bridgehead atoms. The standard InChI is InChI=1S/C18H30N2O/c1-11(2)9-15-7-6-8-16(10-15)18(20-19)17-12(3)13(4)21-14(17)5/h6-8,10-14,17-18,20H,9,19H2,1-5H3. The zero-order valence-electron chi connectivity index (χ0n) is 14.0. The number of nitrogens with one attached hydrogen (secondary N) is 1. The van der Waals surface area contributed by atoms with Gasteiger partial charge in [0.15, 0.2) is 0 Å². The summed E-state index contributed by atoms with van der Waals surface area (Å²) in [4.78, 5) is 0. The molecule has 1 saturated heterocycles. The van der Waals surface area contributed by atoms with Crippen LogP contribution in [0.3, 0.4) is 0 Å². The van der Waals surface area contributed by atoms with E-state index in [-0.39, 0.29) is 12.1 Å².